The zero-order valence-corrected chi connectivity index (χ0v) is 14.0. The summed E-state index contributed by atoms with van der Waals surface area (Å²) >= 11 is 1.58. The molecule has 0 aromatic heterocycles. The first-order chi connectivity index (χ1) is 11.7. The zero-order chi connectivity index (χ0) is 16.6. The number of benzene rings is 3. The van der Waals surface area contributed by atoms with Crippen molar-refractivity contribution >= 4 is 17.7 Å². The molecule has 0 saturated heterocycles. The van der Waals surface area contributed by atoms with Gasteiger partial charge in [0.1, 0.15) is 0 Å². The number of fused-ring (bicyclic) bond motifs is 1. The van der Waals surface area contributed by atoms with Gasteiger partial charge in [-0.2, -0.15) is 0 Å². The van der Waals surface area contributed by atoms with Gasteiger partial charge in [-0.1, -0.05) is 78.5 Å². The van der Waals surface area contributed by atoms with Crippen LogP contribution in [0.1, 0.15) is 27.0 Å². The lowest BCUT2D eigenvalue weighted by molar-refractivity contribution is 0.0384. The molecular formula is C21H16O2S. The van der Waals surface area contributed by atoms with Crippen LogP contribution in [0.2, 0.25) is 0 Å². The Morgan fingerprint density at radius 3 is 2.29 bits per heavy atom. The molecular weight excluding hydrogens is 316 g/mol. The normalized spacial score (nSPS) is 19.0. The number of hydrogen-bond donors (Lipinski definition) is 0. The highest BCUT2D eigenvalue weighted by Gasteiger charge is 2.48. The fourth-order valence-electron chi connectivity index (χ4n) is 3.02. The SMILES string of the molecule is Cc1ccccc1SC1(c2ccccc2)OC(=O)c2ccccc21. The van der Waals surface area contributed by atoms with Gasteiger partial charge in [0.15, 0.2) is 0 Å². The highest BCUT2D eigenvalue weighted by atomic mass is 32.2. The minimum Gasteiger partial charge on any atom is -0.435 e. The molecule has 3 aromatic rings. The lowest BCUT2D eigenvalue weighted by atomic mass is 9.99. The second-order valence-electron chi connectivity index (χ2n) is 5.79. The lowest BCUT2D eigenvalue weighted by Gasteiger charge is -2.29. The fourth-order valence-corrected chi connectivity index (χ4v) is 4.37. The highest BCUT2D eigenvalue weighted by molar-refractivity contribution is 8.00. The summed E-state index contributed by atoms with van der Waals surface area (Å²) in [4.78, 5) is 12.8. The van der Waals surface area contributed by atoms with Gasteiger partial charge in [-0.3, -0.25) is 0 Å². The van der Waals surface area contributed by atoms with E-state index >= 15 is 0 Å². The summed E-state index contributed by atoms with van der Waals surface area (Å²) in [6.07, 6.45) is 0. The number of aryl methyl sites for hydroxylation is 1. The van der Waals surface area contributed by atoms with Crippen molar-refractivity contribution in [1.29, 1.82) is 0 Å². The van der Waals surface area contributed by atoms with Crippen LogP contribution < -0.4 is 0 Å². The molecule has 3 heteroatoms. The van der Waals surface area contributed by atoms with Gasteiger partial charge in [0.05, 0.1) is 5.56 Å². The summed E-state index contributed by atoms with van der Waals surface area (Å²) in [5.74, 6) is -0.268. The average Bonchev–Trinajstić information content (AvgIpc) is 2.91. The third-order valence-corrected chi connectivity index (χ3v) is 5.74. The predicted molar refractivity (Wildman–Crippen MR) is 96.1 cm³/mol. The number of carbonyl (C=O) groups excluding carboxylic acids is 1. The average molecular weight is 332 g/mol. The van der Waals surface area contributed by atoms with Crippen LogP contribution in [0.3, 0.4) is 0 Å². The predicted octanol–water partition coefficient (Wildman–Crippen LogP) is 5.16. The molecule has 118 valence electrons. The van der Waals surface area contributed by atoms with E-state index in [-0.39, 0.29) is 5.97 Å². The van der Waals surface area contributed by atoms with Crippen LogP contribution in [-0.4, -0.2) is 5.97 Å². The van der Waals surface area contributed by atoms with Gasteiger partial charge in [0.2, 0.25) is 4.93 Å². The Hall–Kier alpha value is -2.52. The van der Waals surface area contributed by atoms with Gasteiger partial charge in [0.25, 0.3) is 0 Å². The Morgan fingerprint density at radius 2 is 1.50 bits per heavy atom. The number of hydrogen-bond acceptors (Lipinski definition) is 3. The van der Waals surface area contributed by atoms with Crippen LogP contribution in [0.4, 0.5) is 0 Å². The van der Waals surface area contributed by atoms with E-state index in [9.17, 15) is 4.79 Å². The van der Waals surface area contributed by atoms with Crippen LogP contribution in [0.5, 0.6) is 0 Å². The van der Waals surface area contributed by atoms with Crippen LogP contribution in [0, 0.1) is 6.92 Å². The molecule has 0 saturated carbocycles. The van der Waals surface area contributed by atoms with Gasteiger partial charge in [-0.25, -0.2) is 4.79 Å². The van der Waals surface area contributed by atoms with Crippen molar-refractivity contribution in [3.05, 3.63) is 101 Å². The number of rotatable bonds is 3. The van der Waals surface area contributed by atoms with Gasteiger partial charge in [0, 0.05) is 16.0 Å². The second-order valence-corrected chi connectivity index (χ2v) is 7.00. The fraction of sp³-hybridized carbons (Fsp3) is 0.0952. The van der Waals surface area contributed by atoms with E-state index in [1.807, 2.05) is 66.7 Å². The first-order valence-corrected chi connectivity index (χ1v) is 8.65. The van der Waals surface area contributed by atoms with Crippen molar-refractivity contribution in [3.8, 4) is 0 Å². The largest absolute Gasteiger partial charge is 0.435 e. The van der Waals surface area contributed by atoms with Gasteiger partial charge in [-0.15, -0.1) is 0 Å². The van der Waals surface area contributed by atoms with E-state index < -0.39 is 4.93 Å². The van der Waals surface area contributed by atoms with Gasteiger partial charge >= 0.3 is 5.97 Å². The number of esters is 1. The second kappa shape index (κ2) is 5.84. The Labute approximate surface area is 145 Å². The Bertz CT molecular complexity index is 904. The van der Waals surface area contributed by atoms with Crippen molar-refractivity contribution < 1.29 is 9.53 Å². The summed E-state index contributed by atoms with van der Waals surface area (Å²) in [5, 5.41) is 0. The summed E-state index contributed by atoms with van der Waals surface area (Å²) in [5.41, 5.74) is 3.69. The molecule has 0 spiro atoms. The molecule has 0 bridgehead atoms. The molecule has 1 atom stereocenters. The van der Waals surface area contributed by atoms with Crippen molar-refractivity contribution in [2.45, 2.75) is 16.8 Å². The molecule has 1 aliphatic rings. The Balaban J connectivity index is 1.93. The van der Waals surface area contributed by atoms with E-state index in [1.165, 1.54) is 5.56 Å². The molecule has 0 radical (unpaired) electrons. The minimum atomic E-state index is -0.846. The molecule has 1 unspecified atom stereocenters. The van der Waals surface area contributed by atoms with Crippen molar-refractivity contribution in [2.75, 3.05) is 0 Å². The molecule has 1 aliphatic heterocycles. The maximum Gasteiger partial charge on any atom is 0.340 e. The highest BCUT2D eigenvalue weighted by Crippen LogP contribution is 2.53. The number of cyclic esters (lactones) is 1. The molecule has 0 amide bonds. The van der Waals surface area contributed by atoms with E-state index in [1.54, 1.807) is 11.8 Å². The third kappa shape index (κ3) is 2.33. The maximum atomic E-state index is 12.5. The van der Waals surface area contributed by atoms with E-state index in [0.29, 0.717) is 5.56 Å². The molecule has 24 heavy (non-hydrogen) atoms. The van der Waals surface area contributed by atoms with Crippen LogP contribution in [-0.2, 0) is 9.67 Å². The monoisotopic (exact) mass is 332 g/mol. The van der Waals surface area contributed by atoms with Crippen LogP contribution in [0.15, 0.2) is 83.8 Å². The molecule has 2 nitrogen and oxygen atoms in total. The van der Waals surface area contributed by atoms with E-state index in [4.69, 9.17) is 4.74 Å². The standard InChI is InChI=1S/C21H16O2S/c1-15-9-5-8-14-19(15)24-21(16-10-3-2-4-11-16)18-13-7-6-12-17(18)20(22)23-21/h2-14H,1H3. The molecule has 0 aliphatic carbocycles. The van der Waals surface area contributed by atoms with Crippen LogP contribution in [0.25, 0.3) is 0 Å². The number of ether oxygens (including phenoxy) is 1. The first kappa shape index (κ1) is 15.0. The summed E-state index contributed by atoms with van der Waals surface area (Å²) in [6, 6.07) is 25.8. The smallest absolute Gasteiger partial charge is 0.340 e. The lowest BCUT2D eigenvalue weighted by Crippen LogP contribution is -2.23. The van der Waals surface area contributed by atoms with Crippen LogP contribution >= 0.6 is 11.8 Å². The van der Waals surface area contributed by atoms with Crippen molar-refractivity contribution in [2.24, 2.45) is 0 Å². The van der Waals surface area contributed by atoms with Gasteiger partial charge < -0.3 is 4.74 Å². The summed E-state index contributed by atoms with van der Waals surface area (Å²) < 4.78 is 5.99. The summed E-state index contributed by atoms with van der Waals surface area (Å²) in [6.45, 7) is 2.07. The summed E-state index contributed by atoms with van der Waals surface area (Å²) in [7, 11) is 0. The molecule has 0 fully saturated rings. The third-order valence-electron chi connectivity index (χ3n) is 4.24. The first-order valence-electron chi connectivity index (χ1n) is 7.84. The number of carbonyl (C=O) groups is 1. The maximum absolute atomic E-state index is 12.5. The molecule has 1 heterocycles. The van der Waals surface area contributed by atoms with E-state index in [2.05, 4.69) is 19.1 Å². The van der Waals surface area contributed by atoms with Gasteiger partial charge in [-0.05, 0) is 24.6 Å². The quantitative estimate of drug-likeness (QED) is 0.620. The topological polar surface area (TPSA) is 26.3 Å². The molecule has 4 rings (SSSR count). The molecule has 3 aromatic carbocycles. The number of thioether (sulfide) groups is 1. The Morgan fingerprint density at radius 1 is 0.833 bits per heavy atom. The van der Waals surface area contributed by atoms with Crippen molar-refractivity contribution in [3.63, 3.8) is 0 Å². The Kier molecular flexibility index (Phi) is 3.66. The van der Waals surface area contributed by atoms with Crippen molar-refractivity contribution in [1.82, 2.24) is 0 Å². The minimum absolute atomic E-state index is 0.268. The molecule has 0 N–H and O–H groups in total. The zero-order valence-electron chi connectivity index (χ0n) is 13.2. The van der Waals surface area contributed by atoms with E-state index in [0.717, 1.165) is 16.0 Å².